The van der Waals surface area contributed by atoms with Gasteiger partial charge in [0.1, 0.15) is 5.75 Å². The molecule has 0 unspecified atom stereocenters. The molecule has 0 radical (unpaired) electrons. The van der Waals surface area contributed by atoms with Gasteiger partial charge in [0.25, 0.3) is 0 Å². The molecule has 0 amide bonds. The molecule has 2 nitrogen and oxygen atoms in total. The Hall–Kier alpha value is -0.360. The van der Waals surface area contributed by atoms with Crippen LogP contribution in [0, 0.1) is 0 Å². The Morgan fingerprint density at radius 3 is 2.56 bits per heavy atom. The van der Waals surface area contributed by atoms with Crippen molar-refractivity contribution in [3.05, 3.63) is 48.0 Å². The SMILES string of the molecule is COc1ccc(C(=O)c2cc(Cl)c(Br)s2)cc1Br. The third-order valence-electron chi connectivity index (χ3n) is 2.28. The van der Waals surface area contributed by atoms with Gasteiger partial charge in [-0.2, -0.15) is 0 Å². The van der Waals surface area contributed by atoms with Crippen LogP contribution in [0.5, 0.6) is 5.75 Å². The summed E-state index contributed by atoms with van der Waals surface area (Å²) in [5.74, 6) is 0.632. The monoisotopic (exact) mass is 408 g/mol. The summed E-state index contributed by atoms with van der Waals surface area (Å²) in [6.07, 6.45) is 0. The molecular weight excluding hydrogens is 403 g/mol. The number of ketones is 1. The smallest absolute Gasteiger partial charge is 0.203 e. The summed E-state index contributed by atoms with van der Waals surface area (Å²) in [6.45, 7) is 0. The number of methoxy groups -OCH3 is 1. The first-order chi connectivity index (χ1) is 8.52. The van der Waals surface area contributed by atoms with Crippen LogP contribution in [0.2, 0.25) is 5.02 Å². The van der Waals surface area contributed by atoms with Crippen molar-refractivity contribution in [2.24, 2.45) is 0 Å². The summed E-state index contributed by atoms with van der Waals surface area (Å²) < 4.78 is 6.64. The van der Waals surface area contributed by atoms with Crippen molar-refractivity contribution in [1.82, 2.24) is 0 Å². The standard InChI is InChI=1S/C12H7Br2ClO2S/c1-17-9-3-2-6(4-7(9)13)11(16)10-5-8(15)12(14)18-10/h2-5H,1H3. The van der Waals surface area contributed by atoms with Crippen LogP contribution in [0.4, 0.5) is 0 Å². The third-order valence-corrected chi connectivity index (χ3v) is 5.38. The summed E-state index contributed by atoms with van der Waals surface area (Å²) in [5.41, 5.74) is 0.591. The summed E-state index contributed by atoms with van der Waals surface area (Å²) in [5, 5.41) is 0.552. The van der Waals surface area contributed by atoms with Gasteiger partial charge in [0.05, 0.1) is 25.3 Å². The normalized spacial score (nSPS) is 10.4. The summed E-state index contributed by atoms with van der Waals surface area (Å²) >= 11 is 13.9. The number of benzene rings is 1. The van der Waals surface area contributed by atoms with Crippen molar-refractivity contribution < 1.29 is 9.53 Å². The first kappa shape index (κ1) is 14.1. The van der Waals surface area contributed by atoms with Crippen molar-refractivity contribution in [3.8, 4) is 5.75 Å². The maximum absolute atomic E-state index is 12.2. The average molecular weight is 411 g/mol. The Morgan fingerprint density at radius 2 is 2.06 bits per heavy atom. The Balaban J connectivity index is 2.37. The average Bonchev–Trinajstić information content (AvgIpc) is 2.68. The molecule has 0 atom stereocenters. The van der Waals surface area contributed by atoms with Gasteiger partial charge in [0.2, 0.25) is 5.78 Å². The topological polar surface area (TPSA) is 26.3 Å². The fourth-order valence-electron chi connectivity index (χ4n) is 1.41. The molecule has 18 heavy (non-hydrogen) atoms. The number of carbonyl (C=O) groups excluding carboxylic acids is 1. The fourth-order valence-corrected chi connectivity index (χ4v) is 3.61. The van der Waals surface area contributed by atoms with Crippen LogP contribution in [0.25, 0.3) is 0 Å². The van der Waals surface area contributed by atoms with E-state index in [1.54, 1.807) is 31.4 Å². The molecule has 0 bridgehead atoms. The van der Waals surface area contributed by atoms with Crippen molar-refractivity contribution in [1.29, 1.82) is 0 Å². The van der Waals surface area contributed by atoms with E-state index in [0.29, 0.717) is 21.2 Å². The van der Waals surface area contributed by atoms with Crippen molar-refractivity contribution in [2.45, 2.75) is 0 Å². The third kappa shape index (κ3) is 2.79. The van der Waals surface area contributed by atoms with Gasteiger partial charge in [-0.25, -0.2) is 0 Å². The predicted molar refractivity (Wildman–Crippen MR) is 81.2 cm³/mol. The minimum absolute atomic E-state index is 0.0593. The van der Waals surface area contributed by atoms with E-state index in [4.69, 9.17) is 16.3 Å². The Bertz CT molecular complexity index is 591. The second-order valence-electron chi connectivity index (χ2n) is 3.41. The molecule has 94 valence electrons. The van der Waals surface area contributed by atoms with Gasteiger partial charge in [0, 0.05) is 5.56 Å². The molecule has 0 N–H and O–H groups in total. The number of rotatable bonds is 3. The molecule has 0 spiro atoms. The second-order valence-corrected chi connectivity index (χ2v) is 7.04. The molecule has 0 saturated carbocycles. The van der Waals surface area contributed by atoms with Crippen LogP contribution >= 0.6 is 54.8 Å². The molecule has 0 aliphatic rings. The zero-order chi connectivity index (χ0) is 13.3. The van der Waals surface area contributed by atoms with Crippen molar-refractivity contribution >= 4 is 60.6 Å². The van der Waals surface area contributed by atoms with Crippen LogP contribution in [-0.2, 0) is 0 Å². The lowest BCUT2D eigenvalue weighted by molar-refractivity contribution is 0.104. The van der Waals surface area contributed by atoms with Gasteiger partial charge in [0.15, 0.2) is 0 Å². The van der Waals surface area contributed by atoms with Crippen LogP contribution in [0.15, 0.2) is 32.5 Å². The molecule has 6 heteroatoms. The molecule has 1 aromatic carbocycles. The second kappa shape index (κ2) is 5.74. The Labute approximate surface area is 130 Å². The largest absolute Gasteiger partial charge is 0.496 e. The summed E-state index contributed by atoms with van der Waals surface area (Å²) in [6, 6.07) is 6.88. The highest BCUT2D eigenvalue weighted by atomic mass is 79.9. The highest BCUT2D eigenvalue weighted by Gasteiger charge is 2.15. The lowest BCUT2D eigenvalue weighted by atomic mass is 10.1. The first-order valence-corrected chi connectivity index (χ1v) is 7.64. The minimum atomic E-state index is -0.0593. The van der Waals surface area contributed by atoms with E-state index in [9.17, 15) is 4.79 Å². The Kier molecular flexibility index (Phi) is 4.48. The number of halogens is 3. The number of hydrogen-bond acceptors (Lipinski definition) is 3. The van der Waals surface area contributed by atoms with E-state index in [1.807, 2.05) is 0 Å². The molecule has 1 heterocycles. The van der Waals surface area contributed by atoms with Gasteiger partial charge < -0.3 is 4.74 Å². The lowest BCUT2D eigenvalue weighted by Crippen LogP contribution is -1.98. The number of hydrogen-bond donors (Lipinski definition) is 0. The van der Waals surface area contributed by atoms with E-state index < -0.39 is 0 Å². The number of thiophene rings is 1. The van der Waals surface area contributed by atoms with Gasteiger partial charge in [-0.05, 0) is 56.1 Å². The van der Waals surface area contributed by atoms with E-state index in [-0.39, 0.29) is 5.78 Å². The molecule has 0 fully saturated rings. The maximum Gasteiger partial charge on any atom is 0.203 e. The highest BCUT2D eigenvalue weighted by Crippen LogP contribution is 2.34. The van der Waals surface area contributed by atoms with Crippen molar-refractivity contribution in [2.75, 3.05) is 7.11 Å². The highest BCUT2D eigenvalue weighted by molar-refractivity contribution is 9.11. The molecule has 2 aromatic rings. The fraction of sp³-hybridized carbons (Fsp3) is 0.0833. The molecule has 2 rings (SSSR count). The molecule has 1 aromatic heterocycles. The van der Waals surface area contributed by atoms with Crippen LogP contribution in [0.3, 0.4) is 0 Å². The zero-order valence-corrected chi connectivity index (χ0v) is 13.9. The van der Waals surface area contributed by atoms with Gasteiger partial charge in [-0.3, -0.25) is 4.79 Å². The first-order valence-electron chi connectivity index (χ1n) is 4.86. The van der Waals surface area contributed by atoms with Crippen molar-refractivity contribution in [3.63, 3.8) is 0 Å². The number of carbonyl (C=O) groups is 1. The van der Waals surface area contributed by atoms with Gasteiger partial charge in [-0.1, -0.05) is 11.6 Å². The lowest BCUT2D eigenvalue weighted by Gasteiger charge is -2.04. The van der Waals surface area contributed by atoms with Crippen LogP contribution < -0.4 is 4.74 Å². The van der Waals surface area contributed by atoms with Crippen LogP contribution in [0.1, 0.15) is 15.2 Å². The van der Waals surface area contributed by atoms with E-state index in [0.717, 1.165) is 8.26 Å². The Morgan fingerprint density at radius 1 is 1.33 bits per heavy atom. The minimum Gasteiger partial charge on any atom is -0.496 e. The summed E-state index contributed by atoms with van der Waals surface area (Å²) in [4.78, 5) is 12.8. The molecule has 0 aliphatic heterocycles. The van der Waals surface area contributed by atoms with Gasteiger partial charge in [-0.15, -0.1) is 11.3 Å². The van der Waals surface area contributed by atoms with E-state index in [1.165, 1.54) is 11.3 Å². The molecule has 0 aliphatic carbocycles. The molecule has 0 saturated heterocycles. The zero-order valence-electron chi connectivity index (χ0n) is 9.17. The quantitative estimate of drug-likeness (QED) is 0.653. The van der Waals surface area contributed by atoms with Crippen LogP contribution in [-0.4, -0.2) is 12.9 Å². The van der Waals surface area contributed by atoms with Gasteiger partial charge >= 0.3 is 0 Å². The predicted octanol–water partition coefficient (Wildman–Crippen LogP) is 5.17. The number of ether oxygens (including phenoxy) is 1. The molecular formula is C12H7Br2ClO2S. The summed E-state index contributed by atoms with van der Waals surface area (Å²) in [7, 11) is 1.58. The maximum atomic E-state index is 12.2. The van der Waals surface area contributed by atoms with E-state index >= 15 is 0 Å². The van der Waals surface area contributed by atoms with E-state index in [2.05, 4.69) is 31.9 Å².